The fourth-order valence-electron chi connectivity index (χ4n) is 3.11. The van der Waals surface area contributed by atoms with Gasteiger partial charge < -0.3 is 14.8 Å². The van der Waals surface area contributed by atoms with Crippen LogP contribution in [-0.4, -0.2) is 22.2 Å². The number of aromatic amines is 1. The first-order valence-electron chi connectivity index (χ1n) is 7.95. The van der Waals surface area contributed by atoms with Crippen molar-refractivity contribution in [1.29, 1.82) is 0 Å². The minimum atomic E-state index is -0.800. The summed E-state index contributed by atoms with van der Waals surface area (Å²) in [6.07, 6.45) is 0.968. The molecule has 3 rings (SSSR count). The van der Waals surface area contributed by atoms with Gasteiger partial charge in [-0.1, -0.05) is 24.3 Å². The first kappa shape index (κ1) is 16.3. The fraction of sp³-hybridized carbons (Fsp3) is 0.250. The molecular weight excluding hydrogens is 300 g/mol. The van der Waals surface area contributed by atoms with Crippen molar-refractivity contribution in [2.45, 2.75) is 26.9 Å². The van der Waals surface area contributed by atoms with Gasteiger partial charge in [0.1, 0.15) is 17.7 Å². The maximum atomic E-state index is 10.7. The number of hydrogen-bond donors (Lipinski definition) is 2. The van der Waals surface area contributed by atoms with Gasteiger partial charge in [-0.3, -0.25) is 0 Å². The lowest BCUT2D eigenvalue weighted by Gasteiger charge is -2.14. The molecule has 1 heterocycles. The maximum absolute atomic E-state index is 10.7. The van der Waals surface area contributed by atoms with Crippen LogP contribution in [0.4, 0.5) is 0 Å². The summed E-state index contributed by atoms with van der Waals surface area (Å²) in [5.41, 5.74) is 5.96. The van der Waals surface area contributed by atoms with Crippen molar-refractivity contribution < 1.29 is 9.84 Å². The number of nitrogens with one attached hydrogen (secondary N) is 1. The van der Waals surface area contributed by atoms with Gasteiger partial charge in [-0.15, -0.1) is 0 Å². The molecule has 2 aromatic carbocycles. The normalized spacial score (nSPS) is 12.2. The van der Waals surface area contributed by atoms with Crippen molar-refractivity contribution in [3.8, 4) is 17.0 Å². The number of aliphatic hydroxyl groups excluding tert-OH is 1. The molecule has 0 saturated carbocycles. The van der Waals surface area contributed by atoms with Crippen LogP contribution in [0.3, 0.4) is 0 Å². The Morgan fingerprint density at radius 2 is 1.71 bits per heavy atom. The van der Waals surface area contributed by atoms with E-state index in [2.05, 4.69) is 23.0 Å². The lowest BCUT2D eigenvalue weighted by molar-refractivity contribution is 0.211. The molecule has 0 bridgehead atoms. The van der Waals surface area contributed by atoms with E-state index in [-0.39, 0.29) is 0 Å². The van der Waals surface area contributed by atoms with Crippen molar-refractivity contribution in [1.82, 2.24) is 9.97 Å². The molecule has 4 heteroatoms. The summed E-state index contributed by atoms with van der Waals surface area (Å²) in [5, 5.41) is 10.7. The molecule has 0 spiro atoms. The van der Waals surface area contributed by atoms with Crippen molar-refractivity contribution in [3.63, 3.8) is 0 Å². The molecule has 0 fully saturated rings. The maximum Gasteiger partial charge on any atom is 0.140 e. The minimum Gasteiger partial charge on any atom is -0.496 e. The number of H-pyrrole nitrogens is 1. The Morgan fingerprint density at radius 1 is 1.04 bits per heavy atom. The SMILES string of the molecule is COc1c(C)cc(C(O)c2ncc(-c3ccccc3C)[nH]2)cc1C. The molecule has 0 aliphatic rings. The van der Waals surface area contributed by atoms with E-state index in [0.717, 1.165) is 33.7 Å². The van der Waals surface area contributed by atoms with E-state index in [9.17, 15) is 5.11 Å². The number of aliphatic hydroxyl groups is 1. The van der Waals surface area contributed by atoms with Crippen molar-refractivity contribution in [3.05, 3.63) is 70.7 Å². The predicted octanol–water partition coefficient (Wildman–Crippen LogP) is 4.09. The van der Waals surface area contributed by atoms with E-state index in [1.54, 1.807) is 13.3 Å². The molecule has 0 saturated heterocycles. The molecule has 1 unspecified atom stereocenters. The number of methoxy groups -OCH3 is 1. The Kier molecular flexibility index (Phi) is 4.40. The second-order valence-corrected chi connectivity index (χ2v) is 6.09. The first-order valence-corrected chi connectivity index (χ1v) is 7.95. The number of aromatic nitrogens is 2. The second-order valence-electron chi connectivity index (χ2n) is 6.09. The van der Waals surface area contributed by atoms with Gasteiger partial charge in [0.15, 0.2) is 0 Å². The molecule has 3 aromatic rings. The van der Waals surface area contributed by atoms with E-state index in [1.165, 1.54) is 5.56 Å². The minimum absolute atomic E-state index is 0.539. The summed E-state index contributed by atoms with van der Waals surface area (Å²) in [6, 6.07) is 12.0. The highest BCUT2D eigenvalue weighted by atomic mass is 16.5. The Bertz CT molecular complexity index is 845. The number of rotatable bonds is 4. The monoisotopic (exact) mass is 322 g/mol. The molecule has 0 aliphatic heterocycles. The van der Waals surface area contributed by atoms with Crippen LogP contribution in [-0.2, 0) is 0 Å². The standard InChI is InChI=1S/C20H22N2O2/c1-12-7-5-6-8-16(12)17-11-21-20(22-17)18(23)15-9-13(2)19(24-4)14(3)10-15/h5-11,18,23H,1-4H3,(H,21,22). The zero-order chi connectivity index (χ0) is 17.3. The Hall–Kier alpha value is -2.59. The molecule has 1 atom stereocenters. The summed E-state index contributed by atoms with van der Waals surface area (Å²) in [6.45, 7) is 6.01. The highest BCUT2D eigenvalue weighted by Gasteiger charge is 2.17. The molecule has 24 heavy (non-hydrogen) atoms. The molecule has 0 amide bonds. The number of imidazole rings is 1. The molecule has 0 aliphatic carbocycles. The van der Waals surface area contributed by atoms with Crippen LogP contribution in [0.1, 0.15) is 34.2 Å². The van der Waals surface area contributed by atoms with E-state index in [4.69, 9.17) is 4.74 Å². The highest BCUT2D eigenvalue weighted by Crippen LogP contribution is 2.30. The molecule has 1 aromatic heterocycles. The predicted molar refractivity (Wildman–Crippen MR) is 95.3 cm³/mol. The van der Waals surface area contributed by atoms with Crippen molar-refractivity contribution in [2.24, 2.45) is 0 Å². The Morgan fingerprint density at radius 3 is 2.33 bits per heavy atom. The van der Waals surface area contributed by atoms with Crippen LogP contribution >= 0.6 is 0 Å². The fourth-order valence-corrected chi connectivity index (χ4v) is 3.11. The summed E-state index contributed by atoms with van der Waals surface area (Å²) in [5.74, 6) is 1.39. The zero-order valence-corrected chi connectivity index (χ0v) is 14.4. The lowest BCUT2D eigenvalue weighted by Crippen LogP contribution is -2.04. The van der Waals surface area contributed by atoms with Gasteiger partial charge in [0.05, 0.1) is 19.0 Å². The molecule has 2 N–H and O–H groups in total. The molecule has 124 valence electrons. The van der Waals surface area contributed by atoms with Crippen LogP contribution in [0.5, 0.6) is 5.75 Å². The van der Waals surface area contributed by atoms with Gasteiger partial charge in [-0.05, 0) is 55.2 Å². The number of benzene rings is 2. The number of hydrogen-bond acceptors (Lipinski definition) is 3. The quantitative estimate of drug-likeness (QED) is 0.760. The molecular formula is C20H22N2O2. The van der Waals surface area contributed by atoms with E-state index < -0.39 is 6.10 Å². The van der Waals surface area contributed by atoms with Crippen LogP contribution < -0.4 is 4.74 Å². The molecule has 0 radical (unpaired) electrons. The third-order valence-corrected chi connectivity index (χ3v) is 4.29. The number of ether oxygens (including phenoxy) is 1. The lowest BCUT2D eigenvalue weighted by atomic mass is 10.0. The van der Waals surface area contributed by atoms with Gasteiger partial charge in [-0.2, -0.15) is 0 Å². The third kappa shape index (κ3) is 2.93. The Balaban J connectivity index is 1.95. The van der Waals surface area contributed by atoms with Crippen molar-refractivity contribution in [2.75, 3.05) is 7.11 Å². The molecule has 4 nitrogen and oxygen atoms in total. The smallest absolute Gasteiger partial charge is 0.140 e. The highest BCUT2D eigenvalue weighted by molar-refractivity contribution is 5.62. The average molecular weight is 322 g/mol. The summed E-state index contributed by atoms with van der Waals surface area (Å²) >= 11 is 0. The third-order valence-electron chi connectivity index (χ3n) is 4.29. The topological polar surface area (TPSA) is 58.1 Å². The summed E-state index contributed by atoms with van der Waals surface area (Å²) in [7, 11) is 1.66. The number of nitrogens with zero attached hydrogens (tertiary/aromatic N) is 1. The van der Waals surface area contributed by atoms with Crippen molar-refractivity contribution >= 4 is 0 Å². The van der Waals surface area contributed by atoms with Gasteiger partial charge in [0.2, 0.25) is 0 Å². The second kappa shape index (κ2) is 6.49. The largest absolute Gasteiger partial charge is 0.496 e. The first-order chi connectivity index (χ1) is 11.5. The Labute approximate surface area is 142 Å². The van der Waals surface area contributed by atoms with Gasteiger partial charge in [0.25, 0.3) is 0 Å². The van der Waals surface area contributed by atoms with Crippen LogP contribution in [0.2, 0.25) is 0 Å². The zero-order valence-electron chi connectivity index (χ0n) is 14.4. The summed E-state index contributed by atoms with van der Waals surface area (Å²) < 4.78 is 5.39. The van der Waals surface area contributed by atoms with Crippen LogP contribution in [0.25, 0.3) is 11.3 Å². The van der Waals surface area contributed by atoms with Gasteiger partial charge in [-0.25, -0.2) is 4.98 Å². The van der Waals surface area contributed by atoms with E-state index in [1.807, 2.05) is 44.2 Å². The van der Waals surface area contributed by atoms with Crippen LogP contribution in [0, 0.1) is 20.8 Å². The average Bonchev–Trinajstić information content (AvgIpc) is 3.04. The number of aryl methyl sites for hydroxylation is 3. The van der Waals surface area contributed by atoms with Crippen LogP contribution in [0.15, 0.2) is 42.6 Å². The van der Waals surface area contributed by atoms with E-state index >= 15 is 0 Å². The van der Waals surface area contributed by atoms with Gasteiger partial charge in [0, 0.05) is 5.56 Å². The van der Waals surface area contributed by atoms with Gasteiger partial charge >= 0.3 is 0 Å². The van der Waals surface area contributed by atoms with E-state index in [0.29, 0.717) is 5.82 Å². The summed E-state index contributed by atoms with van der Waals surface area (Å²) in [4.78, 5) is 7.62.